The van der Waals surface area contributed by atoms with Crippen LogP contribution in [-0.4, -0.2) is 22.1 Å². The molecular weight excluding hydrogens is 334 g/mol. The van der Waals surface area contributed by atoms with Crippen LogP contribution < -0.4 is 21.5 Å². The average molecular weight is 351 g/mol. The Labute approximate surface area is 149 Å². The van der Waals surface area contributed by atoms with Crippen molar-refractivity contribution in [3.05, 3.63) is 86.4 Å². The molecule has 0 aliphatic carbocycles. The zero-order chi connectivity index (χ0) is 18.5. The van der Waals surface area contributed by atoms with Gasteiger partial charge in [-0.15, -0.1) is 0 Å². The monoisotopic (exact) mass is 351 g/mol. The first-order valence-corrected chi connectivity index (χ1v) is 8.05. The van der Waals surface area contributed by atoms with Crippen molar-refractivity contribution in [2.75, 3.05) is 10.6 Å². The summed E-state index contributed by atoms with van der Waals surface area (Å²) in [6, 6.07) is 11.7. The Morgan fingerprint density at radius 3 is 2.35 bits per heavy atom. The third-order valence-corrected chi connectivity index (χ3v) is 4.00. The standard InChI is InChI=1S/C19H17N3O4/c23-17-15(21-11-13-7-4-8-20-10-13)16(18(17)24)22-14(19(25)26)9-12-5-2-1-3-6-12/h1-8,10,14,21-22H,9,11H2,(H,25,26)/t14-/m0/s1. The normalized spacial score (nSPS) is 11.8. The molecule has 0 saturated heterocycles. The van der Waals surface area contributed by atoms with E-state index in [0.29, 0.717) is 6.54 Å². The molecule has 0 fully saturated rings. The van der Waals surface area contributed by atoms with E-state index in [1.54, 1.807) is 30.6 Å². The lowest BCUT2D eigenvalue weighted by atomic mass is 10.0. The van der Waals surface area contributed by atoms with Crippen LogP contribution in [0.2, 0.25) is 0 Å². The summed E-state index contributed by atoms with van der Waals surface area (Å²) in [5.41, 5.74) is 0.417. The van der Waals surface area contributed by atoms with Gasteiger partial charge in [0.05, 0.1) is 0 Å². The second-order valence-corrected chi connectivity index (χ2v) is 5.85. The van der Waals surface area contributed by atoms with E-state index in [1.165, 1.54) is 0 Å². The number of hydrogen-bond donors (Lipinski definition) is 3. The highest BCUT2D eigenvalue weighted by Gasteiger charge is 2.26. The van der Waals surface area contributed by atoms with E-state index >= 15 is 0 Å². The number of carboxylic acid groups (broad SMARTS) is 1. The molecule has 0 radical (unpaired) electrons. The molecule has 3 rings (SSSR count). The van der Waals surface area contributed by atoms with E-state index in [2.05, 4.69) is 15.6 Å². The van der Waals surface area contributed by atoms with Gasteiger partial charge in [0.1, 0.15) is 17.4 Å². The number of carbonyl (C=O) groups is 1. The predicted octanol–water partition coefficient (Wildman–Crippen LogP) is 1.40. The smallest absolute Gasteiger partial charge is 0.326 e. The number of pyridine rings is 1. The number of rotatable bonds is 8. The summed E-state index contributed by atoms with van der Waals surface area (Å²) in [6.45, 7) is 0.309. The lowest BCUT2D eigenvalue weighted by Crippen LogP contribution is -2.42. The number of carboxylic acids is 1. The van der Waals surface area contributed by atoms with Crippen LogP contribution in [0.25, 0.3) is 0 Å². The average Bonchev–Trinajstić information content (AvgIpc) is 2.67. The highest BCUT2D eigenvalue weighted by atomic mass is 16.4. The van der Waals surface area contributed by atoms with Crippen LogP contribution in [0, 0.1) is 0 Å². The lowest BCUT2D eigenvalue weighted by Gasteiger charge is -2.20. The maximum atomic E-state index is 11.9. The molecule has 3 N–H and O–H groups in total. The Kier molecular flexibility index (Phi) is 5.07. The Balaban J connectivity index is 1.74. The minimum Gasteiger partial charge on any atom is -0.480 e. The fourth-order valence-corrected chi connectivity index (χ4v) is 2.62. The Bertz CT molecular complexity index is 964. The summed E-state index contributed by atoms with van der Waals surface area (Å²) in [7, 11) is 0. The van der Waals surface area contributed by atoms with E-state index in [4.69, 9.17) is 0 Å². The number of anilines is 2. The van der Waals surface area contributed by atoms with Crippen molar-refractivity contribution in [2.45, 2.75) is 19.0 Å². The van der Waals surface area contributed by atoms with Crippen LogP contribution in [0.15, 0.2) is 64.4 Å². The fourth-order valence-electron chi connectivity index (χ4n) is 2.62. The molecule has 7 heteroatoms. The zero-order valence-corrected chi connectivity index (χ0v) is 13.8. The van der Waals surface area contributed by atoms with Crippen LogP contribution in [-0.2, 0) is 17.8 Å². The number of benzene rings is 1. The molecule has 0 amide bonds. The second kappa shape index (κ2) is 7.60. The van der Waals surface area contributed by atoms with Crippen molar-refractivity contribution in [1.82, 2.24) is 4.98 Å². The third-order valence-electron chi connectivity index (χ3n) is 4.00. The largest absolute Gasteiger partial charge is 0.480 e. The van der Waals surface area contributed by atoms with Gasteiger partial charge in [0.2, 0.25) is 0 Å². The lowest BCUT2D eigenvalue weighted by molar-refractivity contribution is -0.137. The van der Waals surface area contributed by atoms with Gasteiger partial charge in [-0.2, -0.15) is 0 Å². The number of nitrogens with zero attached hydrogens (tertiary/aromatic N) is 1. The SMILES string of the molecule is O=C(O)[C@H](Cc1ccccc1)Nc1c(NCc2cccnc2)c(=O)c1=O. The maximum Gasteiger partial charge on any atom is 0.326 e. The van der Waals surface area contributed by atoms with Gasteiger partial charge in [-0.3, -0.25) is 14.6 Å². The van der Waals surface area contributed by atoms with Crippen molar-refractivity contribution in [2.24, 2.45) is 0 Å². The first-order chi connectivity index (χ1) is 12.6. The van der Waals surface area contributed by atoms with Crippen molar-refractivity contribution >= 4 is 17.3 Å². The molecule has 0 aliphatic rings. The minimum absolute atomic E-state index is 0.0159. The summed E-state index contributed by atoms with van der Waals surface area (Å²) in [5, 5.41) is 15.0. The minimum atomic E-state index is -1.10. The van der Waals surface area contributed by atoms with Crippen LogP contribution in [0.1, 0.15) is 11.1 Å². The molecule has 3 aromatic rings. The predicted molar refractivity (Wildman–Crippen MR) is 98.1 cm³/mol. The molecule has 1 aromatic heterocycles. The van der Waals surface area contributed by atoms with Crippen LogP contribution in [0.3, 0.4) is 0 Å². The number of aromatic nitrogens is 1. The topological polar surface area (TPSA) is 108 Å². The summed E-state index contributed by atoms with van der Waals surface area (Å²) < 4.78 is 0. The summed E-state index contributed by atoms with van der Waals surface area (Å²) >= 11 is 0. The first-order valence-electron chi connectivity index (χ1n) is 8.05. The molecule has 0 aliphatic heterocycles. The number of aliphatic carboxylic acids is 1. The maximum absolute atomic E-state index is 11.9. The van der Waals surface area contributed by atoms with E-state index in [-0.39, 0.29) is 17.8 Å². The van der Waals surface area contributed by atoms with Gasteiger partial charge in [-0.1, -0.05) is 36.4 Å². The first kappa shape index (κ1) is 17.3. The van der Waals surface area contributed by atoms with Gasteiger partial charge in [0, 0.05) is 25.4 Å². The summed E-state index contributed by atoms with van der Waals surface area (Å²) in [6.07, 6.45) is 3.47. The molecular formula is C19H17N3O4. The van der Waals surface area contributed by atoms with Gasteiger partial charge >= 0.3 is 5.97 Å². The van der Waals surface area contributed by atoms with Gasteiger partial charge in [-0.05, 0) is 17.2 Å². The molecule has 7 nitrogen and oxygen atoms in total. The number of nitrogens with one attached hydrogen (secondary N) is 2. The fraction of sp³-hybridized carbons (Fsp3) is 0.158. The van der Waals surface area contributed by atoms with Crippen molar-refractivity contribution in [1.29, 1.82) is 0 Å². The molecule has 0 unspecified atom stereocenters. The van der Waals surface area contributed by atoms with Crippen molar-refractivity contribution < 1.29 is 9.90 Å². The second-order valence-electron chi connectivity index (χ2n) is 5.85. The molecule has 1 heterocycles. The molecule has 2 aromatic carbocycles. The highest BCUT2D eigenvalue weighted by Crippen LogP contribution is 2.18. The molecule has 1 atom stereocenters. The summed E-state index contributed by atoms with van der Waals surface area (Å²) in [5.74, 6) is -1.10. The Morgan fingerprint density at radius 2 is 1.69 bits per heavy atom. The van der Waals surface area contributed by atoms with E-state index < -0.39 is 22.9 Å². The van der Waals surface area contributed by atoms with E-state index in [0.717, 1.165) is 11.1 Å². The van der Waals surface area contributed by atoms with Crippen molar-refractivity contribution in [3.63, 3.8) is 0 Å². The van der Waals surface area contributed by atoms with Crippen LogP contribution in [0.5, 0.6) is 0 Å². The summed E-state index contributed by atoms with van der Waals surface area (Å²) in [4.78, 5) is 39.2. The van der Waals surface area contributed by atoms with Crippen LogP contribution >= 0.6 is 0 Å². The van der Waals surface area contributed by atoms with Crippen LogP contribution in [0.4, 0.5) is 11.4 Å². The number of hydrogen-bond acceptors (Lipinski definition) is 6. The Morgan fingerprint density at radius 1 is 1.00 bits per heavy atom. The van der Waals surface area contributed by atoms with E-state index in [1.807, 2.05) is 24.3 Å². The molecule has 0 saturated carbocycles. The van der Waals surface area contributed by atoms with Crippen molar-refractivity contribution in [3.8, 4) is 0 Å². The van der Waals surface area contributed by atoms with Gasteiger partial charge in [0.15, 0.2) is 0 Å². The Hall–Kier alpha value is -3.48. The highest BCUT2D eigenvalue weighted by molar-refractivity contribution is 5.82. The molecule has 26 heavy (non-hydrogen) atoms. The van der Waals surface area contributed by atoms with E-state index in [9.17, 15) is 19.5 Å². The zero-order valence-electron chi connectivity index (χ0n) is 13.8. The van der Waals surface area contributed by atoms with Gasteiger partial charge in [-0.25, -0.2) is 4.79 Å². The van der Waals surface area contributed by atoms with Gasteiger partial charge in [0.25, 0.3) is 10.9 Å². The van der Waals surface area contributed by atoms with Gasteiger partial charge < -0.3 is 15.7 Å². The molecule has 132 valence electrons. The third kappa shape index (κ3) is 3.77. The molecule has 0 bridgehead atoms. The quantitative estimate of drug-likeness (QED) is 0.526. The molecule has 0 spiro atoms.